The predicted octanol–water partition coefficient (Wildman–Crippen LogP) is 1.86. The number of aliphatic hydroxyl groups is 2. The lowest BCUT2D eigenvalue weighted by Gasteiger charge is -2.22. The third-order valence-electron chi connectivity index (χ3n) is 2.92. The minimum atomic E-state index is 0.000302. The lowest BCUT2D eigenvalue weighted by molar-refractivity contribution is 0.230. The van der Waals surface area contributed by atoms with Gasteiger partial charge in [-0.15, -0.1) is 0 Å². The van der Waals surface area contributed by atoms with E-state index in [-0.39, 0.29) is 19.3 Å². The largest absolute Gasteiger partial charge is 0.396 e. The zero-order valence-corrected chi connectivity index (χ0v) is 10.5. The number of rotatable bonds is 8. The van der Waals surface area contributed by atoms with Crippen molar-refractivity contribution >= 4 is 0 Å². The van der Waals surface area contributed by atoms with Crippen LogP contribution < -0.4 is 5.32 Å². The first-order valence-electron chi connectivity index (χ1n) is 6.30. The van der Waals surface area contributed by atoms with E-state index in [4.69, 9.17) is 5.11 Å². The first kappa shape index (κ1) is 14.2. The molecule has 0 heterocycles. The maximum absolute atomic E-state index is 9.40. The summed E-state index contributed by atoms with van der Waals surface area (Å²) in [6.45, 7) is 2.48. The van der Waals surface area contributed by atoms with E-state index in [1.807, 2.05) is 30.3 Å². The standard InChI is InChI=1S/C14H23NO2/c1-12(7-5-6-10-16)15-14(11-17)13-8-3-2-4-9-13/h2-4,8-9,12,14-17H,5-7,10-11H2,1H3/t12?,14-/m0/s1. The number of hydrogen-bond donors (Lipinski definition) is 3. The lowest BCUT2D eigenvalue weighted by Crippen LogP contribution is -2.32. The molecule has 1 rings (SSSR count). The van der Waals surface area contributed by atoms with Crippen LogP contribution in [0.3, 0.4) is 0 Å². The highest BCUT2D eigenvalue weighted by molar-refractivity contribution is 5.18. The van der Waals surface area contributed by atoms with Crippen LogP contribution in [-0.2, 0) is 0 Å². The summed E-state index contributed by atoms with van der Waals surface area (Å²) in [5, 5.41) is 21.5. The van der Waals surface area contributed by atoms with E-state index in [2.05, 4.69) is 12.2 Å². The molecule has 0 aliphatic rings. The summed E-state index contributed by atoms with van der Waals surface area (Å²) in [5.41, 5.74) is 1.11. The van der Waals surface area contributed by atoms with Crippen molar-refractivity contribution in [3.05, 3.63) is 35.9 Å². The maximum Gasteiger partial charge on any atom is 0.0626 e. The van der Waals surface area contributed by atoms with E-state index < -0.39 is 0 Å². The molecule has 0 bridgehead atoms. The fourth-order valence-corrected chi connectivity index (χ4v) is 1.93. The number of unbranched alkanes of at least 4 members (excludes halogenated alkanes) is 1. The molecule has 3 nitrogen and oxygen atoms in total. The molecule has 2 atom stereocenters. The van der Waals surface area contributed by atoms with Gasteiger partial charge in [0.25, 0.3) is 0 Å². The van der Waals surface area contributed by atoms with Crippen LogP contribution in [0.2, 0.25) is 0 Å². The summed E-state index contributed by atoms with van der Waals surface area (Å²) < 4.78 is 0. The molecule has 0 saturated carbocycles. The Hall–Kier alpha value is -0.900. The van der Waals surface area contributed by atoms with E-state index in [9.17, 15) is 5.11 Å². The second-order valence-corrected chi connectivity index (χ2v) is 4.43. The van der Waals surface area contributed by atoms with Gasteiger partial charge in [0.2, 0.25) is 0 Å². The van der Waals surface area contributed by atoms with Gasteiger partial charge in [0, 0.05) is 12.6 Å². The van der Waals surface area contributed by atoms with Crippen molar-refractivity contribution in [3.63, 3.8) is 0 Å². The quantitative estimate of drug-likeness (QED) is 0.605. The Morgan fingerprint density at radius 3 is 2.41 bits per heavy atom. The maximum atomic E-state index is 9.40. The third kappa shape index (κ3) is 5.31. The molecule has 3 heteroatoms. The van der Waals surface area contributed by atoms with Gasteiger partial charge in [-0.1, -0.05) is 30.3 Å². The van der Waals surface area contributed by atoms with Gasteiger partial charge in [-0.2, -0.15) is 0 Å². The fraction of sp³-hybridized carbons (Fsp3) is 0.571. The average molecular weight is 237 g/mol. The van der Waals surface area contributed by atoms with Crippen molar-refractivity contribution < 1.29 is 10.2 Å². The zero-order valence-electron chi connectivity index (χ0n) is 10.5. The molecule has 0 aliphatic carbocycles. The van der Waals surface area contributed by atoms with Crippen LogP contribution in [0.15, 0.2) is 30.3 Å². The van der Waals surface area contributed by atoms with Crippen molar-refractivity contribution in [1.29, 1.82) is 0 Å². The van der Waals surface area contributed by atoms with Crippen LogP contribution >= 0.6 is 0 Å². The fourth-order valence-electron chi connectivity index (χ4n) is 1.93. The smallest absolute Gasteiger partial charge is 0.0626 e. The highest BCUT2D eigenvalue weighted by atomic mass is 16.3. The molecule has 1 aromatic carbocycles. The number of benzene rings is 1. The molecular formula is C14H23NO2. The van der Waals surface area contributed by atoms with Gasteiger partial charge >= 0.3 is 0 Å². The van der Waals surface area contributed by atoms with E-state index in [0.717, 1.165) is 24.8 Å². The second kappa shape index (κ2) is 8.23. The number of hydrogen-bond acceptors (Lipinski definition) is 3. The number of aliphatic hydroxyl groups excluding tert-OH is 2. The Morgan fingerprint density at radius 1 is 1.12 bits per heavy atom. The third-order valence-corrected chi connectivity index (χ3v) is 2.92. The Bertz CT molecular complexity index is 290. The van der Waals surface area contributed by atoms with E-state index >= 15 is 0 Å². The van der Waals surface area contributed by atoms with Gasteiger partial charge in [-0.25, -0.2) is 0 Å². The number of nitrogens with one attached hydrogen (secondary N) is 1. The minimum Gasteiger partial charge on any atom is -0.396 e. The summed E-state index contributed by atoms with van der Waals surface area (Å²) in [6.07, 6.45) is 2.88. The van der Waals surface area contributed by atoms with Crippen molar-refractivity contribution in [3.8, 4) is 0 Å². The monoisotopic (exact) mass is 237 g/mol. The van der Waals surface area contributed by atoms with Crippen LogP contribution in [0.25, 0.3) is 0 Å². The van der Waals surface area contributed by atoms with E-state index in [1.165, 1.54) is 0 Å². The van der Waals surface area contributed by atoms with Crippen LogP contribution in [-0.4, -0.2) is 29.5 Å². The summed E-state index contributed by atoms with van der Waals surface area (Å²) in [7, 11) is 0. The van der Waals surface area contributed by atoms with Gasteiger partial charge in [0.1, 0.15) is 0 Å². The SMILES string of the molecule is CC(CCCCO)N[C@@H](CO)c1ccccc1. The molecule has 0 saturated heterocycles. The molecule has 0 aliphatic heterocycles. The first-order valence-corrected chi connectivity index (χ1v) is 6.30. The van der Waals surface area contributed by atoms with Crippen LogP contribution in [0, 0.1) is 0 Å². The Morgan fingerprint density at radius 2 is 1.82 bits per heavy atom. The van der Waals surface area contributed by atoms with E-state index in [0.29, 0.717) is 6.04 Å². The topological polar surface area (TPSA) is 52.5 Å². The predicted molar refractivity (Wildman–Crippen MR) is 69.8 cm³/mol. The average Bonchev–Trinajstić information content (AvgIpc) is 2.37. The molecule has 0 amide bonds. The minimum absolute atomic E-state index is 0.000302. The molecule has 0 spiro atoms. The van der Waals surface area contributed by atoms with Crippen LogP contribution in [0.5, 0.6) is 0 Å². The molecule has 1 aromatic rings. The highest BCUT2D eigenvalue weighted by Crippen LogP contribution is 2.13. The highest BCUT2D eigenvalue weighted by Gasteiger charge is 2.12. The molecule has 1 unspecified atom stereocenters. The molecule has 0 radical (unpaired) electrons. The van der Waals surface area contributed by atoms with Gasteiger partial charge in [-0.05, 0) is 31.7 Å². The molecule has 96 valence electrons. The van der Waals surface area contributed by atoms with Gasteiger partial charge in [-0.3, -0.25) is 0 Å². The zero-order chi connectivity index (χ0) is 12.5. The lowest BCUT2D eigenvalue weighted by atomic mass is 10.1. The van der Waals surface area contributed by atoms with Crippen molar-refractivity contribution in [2.45, 2.75) is 38.3 Å². The Labute approximate surface area is 103 Å². The van der Waals surface area contributed by atoms with Gasteiger partial charge in [0.15, 0.2) is 0 Å². The first-order chi connectivity index (χ1) is 8.27. The molecule has 0 aromatic heterocycles. The van der Waals surface area contributed by atoms with Gasteiger partial charge < -0.3 is 15.5 Å². The summed E-state index contributed by atoms with van der Waals surface area (Å²) in [5.74, 6) is 0. The van der Waals surface area contributed by atoms with Crippen molar-refractivity contribution in [2.75, 3.05) is 13.2 Å². The summed E-state index contributed by atoms with van der Waals surface area (Å²) >= 11 is 0. The Balaban J connectivity index is 2.41. The summed E-state index contributed by atoms with van der Waals surface area (Å²) in [4.78, 5) is 0. The normalized spacial score (nSPS) is 14.5. The van der Waals surface area contributed by atoms with Crippen molar-refractivity contribution in [1.82, 2.24) is 5.32 Å². The molecule has 3 N–H and O–H groups in total. The molecule has 0 fully saturated rings. The van der Waals surface area contributed by atoms with E-state index in [1.54, 1.807) is 0 Å². The molecular weight excluding hydrogens is 214 g/mol. The van der Waals surface area contributed by atoms with Crippen molar-refractivity contribution in [2.24, 2.45) is 0 Å². The summed E-state index contributed by atoms with van der Waals surface area (Å²) in [6, 6.07) is 10.3. The van der Waals surface area contributed by atoms with Crippen LogP contribution in [0.4, 0.5) is 0 Å². The van der Waals surface area contributed by atoms with Gasteiger partial charge in [0.05, 0.1) is 12.6 Å². The Kier molecular flexibility index (Phi) is 6.86. The molecule has 17 heavy (non-hydrogen) atoms. The second-order valence-electron chi connectivity index (χ2n) is 4.43. The van der Waals surface area contributed by atoms with Crippen LogP contribution in [0.1, 0.15) is 37.8 Å².